The minimum Gasteiger partial charge on any atom is -0.465 e. The Kier molecular flexibility index (Phi) is 19.8. The molecular formula is C25H51NO4. The van der Waals surface area contributed by atoms with Gasteiger partial charge in [0.1, 0.15) is 6.61 Å². The van der Waals surface area contributed by atoms with Gasteiger partial charge >= 0.3 is 5.97 Å². The molecule has 30 heavy (non-hydrogen) atoms. The molecule has 0 atom stereocenters. The fourth-order valence-corrected chi connectivity index (χ4v) is 3.90. The first kappa shape index (κ1) is 29.4. The van der Waals surface area contributed by atoms with Gasteiger partial charge in [-0.05, 0) is 20.5 Å². The van der Waals surface area contributed by atoms with Crippen molar-refractivity contribution in [2.45, 2.75) is 110 Å². The zero-order valence-electron chi connectivity index (χ0n) is 20.3. The number of esters is 1. The second-order valence-electron chi connectivity index (χ2n) is 9.41. The summed E-state index contributed by atoms with van der Waals surface area (Å²) in [6.45, 7) is 2.41. The Hall–Kier alpha value is -0.650. The number of ether oxygens (including phenoxy) is 1. The first-order chi connectivity index (χ1) is 14.5. The van der Waals surface area contributed by atoms with Crippen LogP contribution in [0.2, 0.25) is 0 Å². The second-order valence-corrected chi connectivity index (χ2v) is 9.41. The van der Waals surface area contributed by atoms with Gasteiger partial charge in [-0.2, -0.15) is 0 Å². The highest BCUT2D eigenvalue weighted by molar-refractivity contribution is 5.69. The van der Waals surface area contributed by atoms with Crippen molar-refractivity contribution in [3.8, 4) is 0 Å². The molecule has 2 N–H and O–H groups in total. The van der Waals surface area contributed by atoms with Gasteiger partial charge in [-0.3, -0.25) is 4.79 Å². The molecule has 0 fully saturated rings. The van der Waals surface area contributed by atoms with Crippen LogP contribution in [0.3, 0.4) is 0 Å². The Bertz CT molecular complexity index is 383. The van der Waals surface area contributed by atoms with Crippen molar-refractivity contribution in [1.29, 1.82) is 0 Å². The monoisotopic (exact) mass is 429 g/mol. The molecule has 0 amide bonds. The summed E-state index contributed by atoms with van der Waals surface area (Å²) >= 11 is 0. The number of aliphatic hydroxyl groups excluding tert-OH is 2. The van der Waals surface area contributed by atoms with Gasteiger partial charge in [-0.25, -0.2) is 0 Å². The third kappa shape index (κ3) is 17.1. The molecule has 0 bridgehead atoms. The number of nitrogens with zero attached hydrogens (tertiary/aromatic N) is 1. The molecule has 0 aliphatic heterocycles. The zero-order valence-corrected chi connectivity index (χ0v) is 20.3. The topological polar surface area (TPSA) is 70.0 Å². The van der Waals surface area contributed by atoms with Gasteiger partial charge in [-0.1, -0.05) is 96.8 Å². The van der Waals surface area contributed by atoms with Gasteiger partial charge in [0.05, 0.1) is 18.6 Å². The lowest BCUT2D eigenvalue weighted by molar-refractivity contribution is -0.150. The van der Waals surface area contributed by atoms with Crippen molar-refractivity contribution >= 4 is 5.97 Å². The van der Waals surface area contributed by atoms with Gasteiger partial charge in [0, 0.05) is 13.0 Å². The maximum Gasteiger partial charge on any atom is 0.305 e. The summed E-state index contributed by atoms with van der Waals surface area (Å²) in [4.78, 5) is 13.8. The van der Waals surface area contributed by atoms with Crippen LogP contribution in [0.1, 0.15) is 110 Å². The third-order valence-electron chi connectivity index (χ3n) is 5.85. The lowest BCUT2D eigenvalue weighted by Gasteiger charge is -2.31. The standard InChI is InChI=1S/C25H51NO4/c1-4-5-6-7-8-9-10-11-12-13-14-15-16-17-18-19-24(29)30-23-25(21-27,22-28)20-26(2)3/h27-28H,4-23H2,1-3H3. The average Bonchev–Trinajstić information content (AvgIpc) is 2.73. The van der Waals surface area contributed by atoms with E-state index in [0.29, 0.717) is 13.0 Å². The SMILES string of the molecule is CCCCCCCCCCCCCCCCCC(=O)OCC(CO)(CO)CN(C)C. The fraction of sp³-hybridized carbons (Fsp3) is 0.960. The van der Waals surface area contributed by atoms with Crippen molar-refractivity contribution in [3.63, 3.8) is 0 Å². The first-order valence-corrected chi connectivity index (χ1v) is 12.5. The van der Waals surface area contributed by atoms with Crippen molar-refractivity contribution in [2.75, 3.05) is 40.5 Å². The van der Waals surface area contributed by atoms with Crippen molar-refractivity contribution in [3.05, 3.63) is 0 Å². The number of hydrogen-bond donors (Lipinski definition) is 2. The zero-order chi connectivity index (χ0) is 22.5. The number of rotatable bonds is 22. The van der Waals surface area contributed by atoms with Crippen LogP contribution >= 0.6 is 0 Å². The minimum atomic E-state index is -0.784. The predicted molar refractivity (Wildman–Crippen MR) is 126 cm³/mol. The highest BCUT2D eigenvalue weighted by Crippen LogP contribution is 2.18. The number of carbonyl (C=O) groups is 1. The van der Waals surface area contributed by atoms with Gasteiger partial charge in [0.25, 0.3) is 0 Å². The quantitative estimate of drug-likeness (QED) is 0.180. The lowest BCUT2D eigenvalue weighted by atomic mass is 9.90. The van der Waals surface area contributed by atoms with E-state index in [1.54, 1.807) is 0 Å². The predicted octanol–water partition coefficient (Wildman–Crippen LogP) is 5.32. The molecule has 0 rings (SSSR count). The molecule has 0 aromatic rings. The van der Waals surface area contributed by atoms with Gasteiger partial charge < -0.3 is 19.8 Å². The Balaban J connectivity index is 3.50. The van der Waals surface area contributed by atoms with E-state index >= 15 is 0 Å². The second kappa shape index (κ2) is 20.3. The van der Waals surface area contributed by atoms with E-state index in [0.717, 1.165) is 12.8 Å². The van der Waals surface area contributed by atoms with E-state index in [9.17, 15) is 15.0 Å². The molecule has 0 heterocycles. The van der Waals surface area contributed by atoms with Gasteiger partial charge in [0.2, 0.25) is 0 Å². The molecule has 0 radical (unpaired) electrons. The Morgan fingerprint density at radius 2 is 1.13 bits per heavy atom. The van der Waals surface area contributed by atoms with Gasteiger partial charge in [0.15, 0.2) is 0 Å². The van der Waals surface area contributed by atoms with Crippen LogP contribution in [0.25, 0.3) is 0 Å². The maximum atomic E-state index is 11.9. The molecule has 5 heteroatoms. The maximum absolute atomic E-state index is 11.9. The molecule has 0 saturated heterocycles. The van der Waals surface area contributed by atoms with E-state index in [1.165, 1.54) is 83.5 Å². The Morgan fingerprint density at radius 1 is 0.733 bits per heavy atom. The molecule has 0 aliphatic carbocycles. The molecule has 0 spiro atoms. The van der Waals surface area contributed by atoms with E-state index < -0.39 is 5.41 Å². The first-order valence-electron chi connectivity index (χ1n) is 12.5. The Morgan fingerprint density at radius 3 is 1.50 bits per heavy atom. The average molecular weight is 430 g/mol. The van der Waals surface area contributed by atoms with Gasteiger partial charge in [-0.15, -0.1) is 0 Å². The summed E-state index contributed by atoms with van der Waals surface area (Å²) < 4.78 is 5.32. The minimum absolute atomic E-state index is 0.0652. The van der Waals surface area contributed by atoms with Crippen LogP contribution in [0, 0.1) is 5.41 Å². The third-order valence-corrected chi connectivity index (χ3v) is 5.85. The number of hydrogen-bond acceptors (Lipinski definition) is 5. The summed E-state index contributed by atoms with van der Waals surface area (Å²) in [6, 6.07) is 0. The lowest BCUT2D eigenvalue weighted by Crippen LogP contribution is -2.44. The molecule has 180 valence electrons. The largest absolute Gasteiger partial charge is 0.465 e. The molecule has 0 saturated carbocycles. The summed E-state index contributed by atoms with van der Waals surface area (Å²) in [7, 11) is 3.75. The number of aliphatic hydroxyl groups is 2. The molecule has 0 aromatic heterocycles. The molecule has 0 aromatic carbocycles. The van der Waals surface area contributed by atoms with E-state index in [1.807, 2.05) is 19.0 Å². The van der Waals surface area contributed by atoms with Crippen molar-refractivity contribution in [2.24, 2.45) is 5.41 Å². The molecule has 0 unspecified atom stereocenters. The van der Waals surface area contributed by atoms with Crippen LogP contribution < -0.4 is 0 Å². The number of unbranched alkanes of at least 4 members (excludes halogenated alkanes) is 14. The molecule has 0 aliphatic rings. The van der Waals surface area contributed by atoms with E-state index in [-0.39, 0.29) is 25.8 Å². The molecular weight excluding hydrogens is 378 g/mol. The van der Waals surface area contributed by atoms with Crippen LogP contribution in [-0.4, -0.2) is 61.5 Å². The summed E-state index contributed by atoms with van der Waals surface area (Å²) in [5, 5.41) is 19.2. The van der Waals surface area contributed by atoms with Crippen LogP contribution in [-0.2, 0) is 9.53 Å². The van der Waals surface area contributed by atoms with Crippen molar-refractivity contribution in [1.82, 2.24) is 4.90 Å². The van der Waals surface area contributed by atoms with E-state index in [4.69, 9.17) is 4.74 Å². The van der Waals surface area contributed by atoms with Crippen molar-refractivity contribution < 1.29 is 19.7 Å². The van der Waals surface area contributed by atoms with Crippen LogP contribution in [0.15, 0.2) is 0 Å². The highest BCUT2D eigenvalue weighted by atomic mass is 16.5. The van der Waals surface area contributed by atoms with Crippen LogP contribution in [0.5, 0.6) is 0 Å². The smallest absolute Gasteiger partial charge is 0.305 e. The Labute approximate surface area is 186 Å². The summed E-state index contributed by atoms with van der Waals surface area (Å²) in [5.74, 6) is -0.227. The summed E-state index contributed by atoms with van der Waals surface area (Å²) in [6.07, 6.45) is 20.0. The number of carbonyl (C=O) groups excluding carboxylic acids is 1. The summed E-state index contributed by atoms with van der Waals surface area (Å²) in [5.41, 5.74) is -0.784. The normalized spacial score (nSPS) is 11.9. The van der Waals surface area contributed by atoms with Crippen LogP contribution in [0.4, 0.5) is 0 Å². The van der Waals surface area contributed by atoms with E-state index in [2.05, 4.69) is 6.92 Å². The highest BCUT2D eigenvalue weighted by Gasteiger charge is 2.31. The molecule has 5 nitrogen and oxygen atoms in total. The fourth-order valence-electron chi connectivity index (χ4n) is 3.90.